The molecule has 0 atom stereocenters. The molecule has 0 bridgehead atoms. The van der Waals surface area contributed by atoms with Gasteiger partial charge >= 0.3 is 5.97 Å². The number of hydrogen-bond acceptors (Lipinski definition) is 5. The Kier molecular flexibility index (Phi) is 8.35. The predicted octanol–water partition coefficient (Wildman–Crippen LogP) is 6.85. The Bertz CT molecular complexity index is 983. The topological polar surface area (TPSA) is 52.1 Å². The van der Waals surface area contributed by atoms with Crippen molar-refractivity contribution in [3.05, 3.63) is 57.6 Å². The lowest BCUT2D eigenvalue weighted by Gasteiger charge is -2.06. The number of aryl methyl sites for hydroxylation is 1. The van der Waals surface area contributed by atoms with Crippen LogP contribution in [0, 0.1) is 12.8 Å². The van der Waals surface area contributed by atoms with Crippen molar-refractivity contribution in [2.75, 3.05) is 7.11 Å². The van der Waals surface area contributed by atoms with Crippen molar-refractivity contribution in [3.8, 4) is 22.0 Å². The first kappa shape index (κ1) is 23.0. The van der Waals surface area contributed by atoms with Crippen LogP contribution in [0.3, 0.4) is 0 Å². The number of ether oxygens (including phenoxy) is 1. The van der Waals surface area contributed by atoms with Crippen molar-refractivity contribution in [3.63, 3.8) is 0 Å². The Labute approximate surface area is 181 Å². The molecule has 2 aromatic heterocycles. The third-order valence-corrected chi connectivity index (χ3v) is 5.61. The van der Waals surface area contributed by atoms with Gasteiger partial charge in [-0.3, -0.25) is 0 Å². The molecule has 0 saturated carbocycles. The Morgan fingerprint density at radius 1 is 1.17 bits per heavy atom. The second kappa shape index (κ2) is 10.5. The minimum absolute atomic E-state index is 0.274. The van der Waals surface area contributed by atoms with Crippen molar-refractivity contribution in [1.29, 1.82) is 0 Å². The molecule has 3 aromatic rings. The second-order valence-corrected chi connectivity index (χ2v) is 8.24. The molecule has 0 fully saturated rings. The summed E-state index contributed by atoms with van der Waals surface area (Å²) in [6.45, 7) is 10.3. The fraction of sp³-hybridized carbons (Fsp3) is 0.348. The molecule has 0 aliphatic carbocycles. The average Bonchev–Trinajstić information content (AvgIpc) is 3.14. The van der Waals surface area contributed by atoms with Crippen molar-refractivity contribution in [1.82, 2.24) is 9.97 Å². The second-order valence-electron chi connectivity index (χ2n) is 6.75. The van der Waals surface area contributed by atoms with Crippen LogP contribution in [0.1, 0.15) is 48.6 Å². The van der Waals surface area contributed by atoms with Gasteiger partial charge in [-0.05, 0) is 43.0 Å². The van der Waals surface area contributed by atoms with E-state index >= 15 is 0 Å². The van der Waals surface area contributed by atoms with Gasteiger partial charge in [-0.2, -0.15) is 0 Å². The van der Waals surface area contributed by atoms with Gasteiger partial charge in [0.05, 0.1) is 18.5 Å². The van der Waals surface area contributed by atoms with Crippen molar-refractivity contribution in [2.24, 2.45) is 5.92 Å². The number of methoxy groups -OCH3 is 1. The smallest absolute Gasteiger partial charge is 0.356 e. The van der Waals surface area contributed by atoms with Crippen LogP contribution < -0.4 is 0 Å². The summed E-state index contributed by atoms with van der Waals surface area (Å²) in [5.74, 6) is 0.0358. The summed E-state index contributed by atoms with van der Waals surface area (Å²) in [5.41, 5.74) is 3.89. The number of carbonyl (C=O) groups is 1. The molecule has 0 aliphatic rings. The van der Waals surface area contributed by atoms with Crippen LogP contribution in [0.4, 0.5) is 0 Å². The lowest BCUT2D eigenvalue weighted by molar-refractivity contribution is 0.0594. The van der Waals surface area contributed by atoms with Crippen molar-refractivity contribution in [2.45, 2.75) is 41.0 Å². The Morgan fingerprint density at radius 3 is 2.52 bits per heavy atom. The highest BCUT2D eigenvalue weighted by Crippen LogP contribution is 2.36. The van der Waals surface area contributed by atoms with E-state index in [1.165, 1.54) is 12.0 Å². The van der Waals surface area contributed by atoms with Crippen LogP contribution in [-0.4, -0.2) is 23.0 Å². The number of esters is 1. The molecular weight excluding hydrogens is 404 g/mol. The first-order valence-electron chi connectivity index (χ1n) is 9.71. The van der Waals surface area contributed by atoms with Crippen molar-refractivity contribution < 1.29 is 9.53 Å². The molecule has 3 rings (SSSR count). The van der Waals surface area contributed by atoms with E-state index in [2.05, 4.69) is 18.8 Å². The van der Waals surface area contributed by atoms with Crippen molar-refractivity contribution >= 4 is 28.9 Å². The van der Waals surface area contributed by atoms with Gasteiger partial charge in [0.1, 0.15) is 10.7 Å². The van der Waals surface area contributed by atoms with E-state index in [0.29, 0.717) is 11.6 Å². The molecule has 154 valence electrons. The van der Waals surface area contributed by atoms with Crippen LogP contribution in [0.25, 0.3) is 22.0 Å². The zero-order valence-corrected chi connectivity index (χ0v) is 19.3. The molecule has 29 heavy (non-hydrogen) atoms. The van der Waals surface area contributed by atoms with Crippen LogP contribution in [0.5, 0.6) is 0 Å². The Hall–Kier alpha value is -2.24. The summed E-state index contributed by atoms with van der Waals surface area (Å²) in [6, 6.07) is 11.3. The number of rotatable bonds is 5. The lowest BCUT2D eigenvalue weighted by Crippen LogP contribution is -2.04. The van der Waals surface area contributed by atoms with E-state index < -0.39 is 5.97 Å². The van der Waals surface area contributed by atoms with Gasteiger partial charge in [-0.25, -0.2) is 14.8 Å². The maximum absolute atomic E-state index is 11.8. The molecule has 0 aliphatic heterocycles. The number of nitrogens with zero attached hydrogens (tertiary/aromatic N) is 2. The quantitative estimate of drug-likeness (QED) is 0.415. The monoisotopic (exact) mass is 430 g/mol. The van der Waals surface area contributed by atoms with Crippen LogP contribution in [0.2, 0.25) is 5.02 Å². The summed E-state index contributed by atoms with van der Waals surface area (Å²) >= 11 is 7.93. The van der Waals surface area contributed by atoms with Crippen LogP contribution >= 0.6 is 22.9 Å². The summed E-state index contributed by atoms with van der Waals surface area (Å²) in [7, 11) is 1.35. The van der Waals surface area contributed by atoms with E-state index in [4.69, 9.17) is 21.3 Å². The predicted molar refractivity (Wildman–Crippen MR) is 122 cm³/mol. The molecule has 0 saturated heterocycles. The fourth-order valence-electron chi connectivity index (χ4n) is 2.71. The summed E-state index contributed by atoms with van der Waals surface area (Å²) < 4.78 is 4.77. The third-order valence-electron chi connectivity index (χ3n) is 4.10. The molecular formula is C23H27ClN2O2S. The number of thiazole rings is 1. The number of carbonyl (C=O) groups excluding carboxylic acids is 1. The van der Waals surface area contributed by atoms with E-state index in [9.17, 15) is 4.79 Å². The largest absolute Gasteiger partial charge is 0.464 e. The number of aromatic nitrogens is 2. The first-order valence-corrected chi connectivity index (χ1v) is 10.9. The normalized spacial score (nSPS) is 10.5. The molecule has 0 N–H and O–H groups in total. The van der Waals surface area contributed by atoms with Gasteiger partial charge in [-0.1, -0.05) is 57.5 Å². The number of benzene rings is 1. The van der Waals surface area contributed by atoms with E-state index in [0.717, 1.165) is 33.3 Å². The van der Waals surface area contributed by atoms with Gasteiger partial charge in [-0.15, -0.1) is 11.3 Å². The molecule has 0 spiro atoms. The van der Waals surface area contributed by atoms with E-state index in [1.807, 2.05) is 45.0 Å². The van der Waals surface area contributed by atoms with Crippen LogP contribution in [0.15, 0.2) is 36.4 Å². The highest BCUT2D eigenvalue weighted by molar-refractivity contribution is 7.15. The van der Waals surface area contributed by atoms with Gasteiger partial charge in [0.15, 0.2) is 0 Å². The minimum atomic E-state index is -0.457. The lowest BCUT2D eigenvalue weighted by atomic mass is 10.0. The zero-order valence-electron chi connectivity index (χ0n) is 17.7. The molecule has 4 nitrogen and oxygen atoms in total. The standard InChI is InChI=1S/C21H21ClN2O2S.C2H6/c1-12(2)10-18-19(14-9-8-13(3)15(22)11-14)24-20(27-18)16-6-5-7-17(23-16)21(25)26-4;1-2/h5-9,11-12H,10H2,1-4H3;1-2H3. The Balaban J connectivity index is 0.00000145. The number of halogens is 1. The van der Waals surface area contributed by atoms with Gasteiger partial charge in [0.25, 0.3) is 0 Å². The maximum Gasteiger partial charge on any atom is 0.356 e. The molecule has 6 heteroatoms. The SMILES string of the molecule is CC.COC(=O)c1cccc(-c2nc(-c3ccc(C)c(Cl)c3)c(CC(C)C)s2)n1. The average molecular weight is 431 g/mol. The molecule has 0 amide bonds. The molecule has 2 heterocycles. The highest BCUT2D eigenvalue weighted by atomic mass is 35.5. The molecule has 0 unspecified atom stereocenters. The zero-order chi connectivity index (χ0) is 21.6. The van der Waals surface area contributed by atoms with Gasteiger partial charge < -0.3 is 4.74 Å². The maximum atomic E-state index is 11.8. The van der Waals surface area contributed by atoms with Crippen LogP contribution in [-0.2, 0) is 11.2 Å². The highest BCUT2D eigenvalue weighted by Gasteiger charge is 2.18. The van der Waals surface area contributed by atoms with Gasteiger partial charge in [0, 0.05) is 15.5 Å². The molecule has 1 aromatic carbocycles. The number of pyridine rings is 1. The van der Waals surface area contributed by atoms with Gasteiger partial charge in [0.2, 0.25) is 0 Å². The Morgan fingerprint density at radius 2 is 1.90 bits per heavy atom. The summed E-state index contributed by atoms with van der Waals surface area (Å²) in [6.07, 6.45) is 0.912. The third kappa shape index (κ3) is 5.64. The molecule has 0 radical (unpaired) electrons. The van der Waals surface area contributed by atoms with E-state index in [1.54, 1.807) is 23.5 Å². The summed E-state index contributed by atoms with van der Waals surface area (Å²) in [4.78, 5) is 22.2. The fourth-order valence-corrected chi connectivity index (χ4v) is 4.15. The minimum Gasteiger partial charge on any atom is -0.464 e. The van der Waals surface area contributed by atoms with E-state index in [-0.39, 0.29) is 5.69 Å². The first-order chi connectivity index (χ1) is 13.9. The number of hydrogen-bond donors (Lipinski definition) is 0. The summed E-state index contributed by atoms with van der Waals surface area (Å²) in [5, 5.41) is 1.51.